The van der Waals surface area contributed by atoms with Gasteiger partial charge in [-0.25, -0.2) is 9.97 Å². The number of benzene rings is 2. The predicted molar refractivity (Wildman–Crippen MR) is 117 cm³/mol. The summed E-state index contributed by atoms with van der Waals surface area (Å²) in [5.41, 5.74) is 2.54. The molecule has 2 heterocycles. The van der Waals surface area contributed by atoms with Gasteiger partial charge in [0.1, 0.15) is 17.3 Å². The molecule has 0 atom stereocenters. The smallest absolute Gasteiger partial charge is 0.275 e. The summed E-state index contributed by atoms with van der Waals surface area (Å²) in [6, 6.07) is 16.9. The summed E-state index contributed by atoms with van der Waals surface area (Å²) in [5.74, 6) is 0.944. The second kappa shape index (κ2) is 8.57. The molecule has 0 saturated carbocycles. The van der Waals surface area contributed by atoms with Gasteiger partial charge in [-0.1, -0.05) is 18.2 Å². The number of hydrogen-bond donors (Lipinski definition) is 2. The summed E-state index contributed by atoms with van der Waals surface area (Å²) in [5, 5.41) is 7.03. The predicted octanol–water partition coefficient (Wildman–Crippen LogP) is 4.81. The van der Waals surface area contributed by atoms with E-state index in [0.717, 1.165) is 22.3 Å². The van der Waals surface area contributed by atoms with Gasteiger partial charge in [-0.05, 0) is 50.2 Å². The van der Waals surface area contributed by atoms with Crippen molar-refractivity contribution in [2.75, 3.05) is 10.6 Å². The number of aromatic nitrogens is 3. The fourth-order valence-electron chi connectivity index (χ4n) is 2.94. The first kappa shape index (κ1) is 19.3. The maximum Gasteiger partial charge on any atom is 0.275 e. The number of anilines is 3. The van der Waals surface area contributed by atoms with Crippen LogP contribution in [-0.4, -0.2) is 27.0 Å². The maximum absolute atomic E-state index is 12.4. The minimum Gasteiger partial charge on any atom is -0.491 e. The normalized spacial score (nSPS) is 10.8. The Morgan fingerprint density at radius 3 is 2.47 bits per heavy atom. The Balaban J connectivity index is 1.43. The van der Waals surface area contributed by atoms with Gasteiger partial charge in [0.25, 0.3) is 5.91 Å². The van der Waals surface area contributed by atoms with Crippen LogP contribution in [0.3, 0.4) is 0 Å². The number of ether oxygens (including phenoxy) is 1. The molecule has 0 spiro atoms. The Bertz CT molecular complexity index is 1150. The molecule has 0 radical (unpaired) electrons. The maximum atomic E-state index is 12.4. The second-order valence-electron chi connectivity index (χ2n) is 6.94. The molecule has 0 unspecified atom stereocenters. The molecule has 2 N–H and O–H groups in total. The Hall–Kier alpha value is -4.00. The summed E-state index contributed by atoms with van der Waals surface area (Å²) < 4.78 is 5.60. The highest BCUT2D eigenvalue weighted by Gasteiger charge is 2.10. The number of carbonyl (C=O) groups is 1. The van der Waals surface area contributed by atoms with Crippen LogP contribution >= 0.6 is 0 Å². The van der Waals surface area contributed by atoms with E-state index >= 15 is 0 Å². The van der Waals surface area contributed by atoms with Crippen molar-refractivity contribution in [3.63, 3.8) is 0 Å². The average molecular weight is 399 g/mol. The quantitative estimate of drug-likeness (QED) is 0.484. The van der Waals surface area contributed by atoms with Gasteiger partial charge in [0.05, 0.1) is 29.7 Å². The number of rotatable bonds is 6. The molecular formula is C23H21N5O2. The van der Waals surface area contributed by atoms with E-state index < -0.39 is 0 Å². The van der Waals surface area contributed by atoms with Gasteiger partial charge in [-0.2, -0.15) is 0 Å². The van der Waals surface area contributed by atoms with Crippen LogP contribution in [0.15, 0.2) is 73.2 Å². The van der Waals surface area contributed by atoms with Crippen molar-refractivity contribution in [2.24, 2.45) is 0 Å². The molecule has 0 fully saturated rings. The van der Waals surface area contributed by atoms with E-state index in [2.05, 4.69) is 25.6 Å². The lowest BCUT2D eigenvalue weighted by molar-refractivity contribution is 0.102. The van der Waals surface area contributed by atoms with Crippen molar-refractivity contribution >= 4 is 34.0 Å². The van der Waals surface area contributed by atoms with Gasteiger partial charge < -0.3 is 15.4 Å². The summed E-state index contributed by atoms with van der Waals surface area (Å²) >= 11 is 0. The van der Waals surface area contributed by atoms with Crippen LogP contribution in [0.5, 0.6) is 5.75 Å². The highest BCUT2D eigenvalue weighted by Crippen LogP contribution is 2.23. The molecule has 1 amide bonds. The van der Waals surface area contributed by atoms with Gasteiger partial charge in [0, 0.05) is 17.3 Å². The molecule has 2 aromatic carbocycles. The SMILES string of the molecule is CC(C)Oc1ccc(NC(=O)c2cnc(Nc3cccc4cccnc34)cn2)cc1. The molecule has 0 aliphatic rings. The Labute approximate surface area is 174 Å². The average Bonchev–Trinajstić information content (AvgIpc) is 2.75. The number of pyridine rings is 1. The molecule has 0 saturated heterocycles. The van der Waals surface area contributed by atoms with Gasteiger partial charge in [-0.3, -0.25) is 9.78 Å². The largest absolute Gasteiger partial charge is 0.491 e. The van der Waals surface area contributed by atoms with Gasteiger partial charge in [-0.15, -0.1) is 0 Å². The first-order chi connectivity index (χ1) is 14.6. The van der Waals surface area contributed by atoms with E-state index in [1.165, 1.54) is 12.4 Å². The summed E-state index contributed by atoms with van der Waals surface area (Å²) in [4.78, 5) is 25.4. The second-order valence-corrected chi connectivity index (χ2v) is 6.94. The lowest BCUT2D eigenvalue weighted by atomic mass is 10.2. The monoisotopic (exact) mass is 399 g/mol. The molecule has 7 nitrogen and oxygen atoms in total. The Kier molecular flexibility index (Phi) is 5.52. The third kappa shape index (κ3) is 4.52. The number of nitrogens with zero attached hydrogens (tertiary/aromatic N) is 3. The molecule has 4 rings (SSSR count). The number of hydrogen-bond acceptors (Lipinski definition) is 6. The van der Waals surface area contributed by atoms with Crippen LogP contribution in [0.2, 0.25) is 0 Å². The number of carbonyl (C=O) groups excluding carboxylic acids is 1. The highest BCUT2D eigenvalue weighted by atomic mass is 16.5. The van der Waals surface area contributed by atoms with Gasteiger partial charge >= 0.3 is 0 Å². The standard InChI is InChI=1S/C23H21N5O2/c1-15(2)30-18-10-8-17(9-11-18)27-23(29)20-13-26-21(14-25-20)28-19-7-3-5-16-6-4-12-24-22(16)19/h3-15H,1-2H3,(H,26,28)(H,27,29). The fourth-order valence-corrected chi connectivity index (χ4v) is 2.94. The highest BCUT2D eigenvalue weighted by molar-refractivity contribution is 6.02. The molecule has 150 valence electrons. The van der Waals surface area contributed by atoms with Crippen LogP contribution in [0.1, 0.15) is 24.3 Å². The molecule has 4 aromatic rings. The topological polar surface area (TPSA) is 89.0 Å². The molecule has 0 aliphatic carbocycles. The summed E-state index contributed by atoms with van der Waals surface area (Å²) in [6.45, 7) is 3.92. The number of amides is 1. The van der Waals surface area contributed by atoms with E-state index in [4.69, 9.17) is 4.74 Å². The van der Waals surface area contributed by atoms with Crippen LogP contribution in [0.4, 0.5) is 17.2 Å². The zero-order valence-electron chi connectivity index (χ0n) is 16.7. The third-order valence-corrected chi connectivity index (χ3v) is 4.26. The van der Waals surface area contributed by atoms with Crippen molar-refractivity contribution in [3.8, 4) is 5.75 Å². The number of fused-ring (bicyclic) bond motifs is 1. The van der Waals surface area contributed by atoms with Crippen molar-refractivity contribution in [3.05, 3.63) is 78.9 Å². The van der Waals surface area contributed by atoms with Crippen molar-refractivity contribution in [1.29, 1.82) is 0 Å². The zero-order valence-corrected chi connectivity index (χ0v) is 16.7. The van der Waals surface area contributed by atoms with Crippen molar-refractivity contribution in [2.45, 2.75) is 20.0 Å². The third-order valence-electron chi connectivity index (χ3n) is 4.26. The molecule has 0 bridgehead atoms. The molecule has 2 aromatic heterocycles. The molecule has 30 heavy (non-hydrogen) atoms. The first-order valence-electron chi connectivity index (χ1n) is 9.59. The van der Waals surface area contributed by atoms with E-state index in [9.17, 15) is 4.79 Å². The van der Waals surface area contributed by atoms with Crippen molar-refractivity contribution in [1.82, 2.24) is 15.0 Å². The fraction of sp³-hybridized carbons (Fsp3) is 0.130. The minimum atomic E-state index is -0.335. The molecular weight excluding hydrogens is 378 g/mol. The number of para-hydroxylation sites is 1. The first-order valence-corrected chi connectivity index (χ1v) is 9.59. The Morgan fingerprint density at radius 2 is 1.73 bits per heavy atom. The lowest BCUT2D eigenvalue weighted by Gasteiger charge is -2.11. The van der Waals surface area contributed by atoms with Crippen LogP contribution < -0.4 is 15.4 Å². The van der Waals surface area contributed by atoms with Gasteiger partial charge in [0.15, 0.2) is 0 Å². The molecule has 7 heteroatoms. The van der Waals surface area contributed by atoms with Crippen LogP contribution in [0, 0.1) is 0 Å². The van der Waals surface area contributed by atoms with E-state index in [1.807, 2.05) is 56.3 Å². The van der Waals surface area contributed by atoms with Crippen molar-refractivity contribution < 1.29 is 9.53 Å². The van der Waals surface area contributed by atoms with Crippen LogP contribution in [0.25, 0.3) is 10.9 Å². The van der Waals surface area contributed by atoms with E-state index in [-0.39, 0.29) is 17.7 Å². The van der Waals surface area contributed by atoms with E-state index in [1.54, 1.807) is 18.3 Å². The Morgan fingerprint density at radius 1 is 0.933 bits per heavy atom. The van der Waals surface area contributed by atoms with Crippen LogP contribution in [-0.2, 0) is 0 Å². The van der Waals surface area contributed by atoms with Gasteiger partial charge in [0.2, 0.25) is 0 Å². The van der Waals surface area contributed by atoms with E-state index in [0.29, 0.717) is 11.5 Å². The minimum absolute atomic E-state index is 0.0949. The summed E-state index contributed by atoms with van der Waals surface area (Å²) in [6.07, 6.45) is 4.80. The number of nitrogens with one attached hydrogen (secondary N) is 2. The lowest BCUT2D eigenvalue weighted by Crippen LogP contribution is -2.14. The molecule has 0 aliphatic heterocycles. The zero-order chi connectivity index (χ0) is 20.9. The summed E-state index contributed by atoms with van der Waals surface area (Å²) in [7, 11) is 0.